The van der Waals surface area contributed by atoms with Crippen LogP contribution in [0, 0.1) is 40.4 Å². The standard InChI is InChI=1S/C32H53NO2Si/c1-29(2,3)36(7,8)35-24-13-17-30(4)23(21-24)9-10-25-26-11-12-28(31(26,5)18-14-27(25)30)32(6,34)22-15-19-33-20-16-22/h15-16,19-20,23-28,34H,9-14,17-18,21H2,1-8H3/t23-,24-,25-,26-,27-,28-,30-,31-,32?/m0/s1. The minimum absolute atomic E-state index is 0.236. The van der Waals surface area contributed by atoms with Gasteiger partial charge in [-0.1, -0.05) is 34.6 Å². The lowest BCUT2D eigenvalue weighted by Gasteiger charge is -2.62. The summed E-state index contributed by atoms with van der Waals surface area (Å²) in [5.41, 5.74) is 0.977. The fraction of sp³-hybridized carbons (Fsp3) is 0.844. The molecule has 9 atom stereocenters. The highest BCUT2D eigenvalue weighted by Gasteiger charge is 2.62. The van der Waals surface area contributed by atoms with Crippen LogP contribution in [0.2, 0.25) is 18.1 Å². The van der Waals surface area contributed by atoms with Crippen LogP contribution in [-0.2, 0) is 10.0 Å². The van der Waals surface area contributed by atoms with Crippen molar-refractivity contribution in [2.75, 3.05) is 0 Å². The van der Waals surface area contributed by atoms with E-state index in [1.807, 2.05) is 24.5 Å². The fourth-order valence-electron chi connectivity index (χ4n) is 9.73. The molecule has 1 aromatic heterocycles. The number of aromatic nitrogens is 1. The van der Waals surface area contributed by atoms with Crippen molar-refractivity contribution >= 4 is 8.32 Å². The average Bonchev–Trinajstić information content (AvgIpc) is 3.17. The van der Waals surface area contributed by atoms with Gasteiger partial charge in [-0.2, -0.15) is 0 Å². The summed E-state index contributed by atoms with van der Waals surface area (Å²) in [7, 11) is -1.72. The van der Waals surface area contributed by atoms with Crippen LogP contribution < -0.4 is 0 Å². The van der Waals surface area contributed by atoms with Crippen molar-refractivity contribution in [1.29, 1.82) is 0 Å². The zero-order chi connectivity index (χ0) is 26.1. The molecule has 4 aliphatic rings. The summed E-state index contributed by atoms with van der Waals surface area (Å²) < 4.78 is 6.96. The molecule has 4 fully saturated rings. The van der Waals surface area contributed by atoms with E-state index in [1.54, 1.807) is 0 Å². The number of hydrogen-bond acceptors (Lipinski definition) is 3. The Balaban J connectivity index is 1.32. The number of aliphatic hydroxyl groups is 1. The van der Waals surface area contributed by atoms with Crippen LogP contribution in [0.1, 0.15) is 105 Å². The summed E-state index contributed by atoms with van der Waals surface area (Å²) >= 11 is 0. The fourth-order valence-corrected chi connectivity index (χ4v) is 11.1. The number of hydrogen-bond donors (Lipinski definition) is 1. The van der Waals surface area contributed by atoms with Crippen LogP contribution in [0.3, 0.4) is 0 Å². The Morgan fingerprint density at radius 1 is 0.889 bits per heavy atom. The Morgan fingerprint density at radius 3 is 2.19 bits per heavy atom. The summed E-state index contributed by atoms with van der Waals surface area (Å²) in [6, 6.07) is 4.05. The van der Waals surface area contributed by atoms with Crippen LogP contribution in [0.4, 0.5) is 0 Å². The number of fused-ring (bicyclic) bond motifs is 5. The molecule has 0 saturated heterocycles. The van der Waals surface area contributed by atoms with Gasteiger partial charge in [0.05, 0.1) is 5.60 Å². The highest BCUT2D eigenvalue weighted by molar-refractivity contribution is 6.74. The van der Waals surface area contributed by atoms with Gasteiger partial charge in [-0.25, -0.2) is 0 Å². The first-order valence-electron chi connectivity index (χ1n) is 15.0. The van der Waals surface area contributed by atoms with Crippen LogP contribution in [0.15, 0.2) is 24.5 Å². The van der Waals surface area contributed by atoms with E-state index in [2.05, 4.69) is 59.6 Å². The maximum atomic E-state index is 11.9. The molecule has 0 radical (unpaired) electrons. The van der Waals surface area contributed by atoms with Gasteiger partial charge in [0.15, 0.2) is 8.32 Å². The number of rotatable bonds is 4. The van der Waals surface area contributed by atoms with Crippen LogP contribution >= 0.6 is 0 Å². The minimum atomic E-state index is -1.72. The van der Waals surface area contributed by atoms with E-state index in [0.717, 1.165) is 35.7 Å². The topological polar surface area (TPSA) is 42.4 Å². The third kappa shape index (κ3) is 4.16. The van der Waals surface area contributed by atoms with Gasteiger partial charge in [-0.05, 0) is 141 Å². The zero-order valence-corrected chi connectivity index (χ0v) is 25.4. The molecule has 4 saturated carbocycles. The highest BCUT2D eigenvalue weighted by atomic mass is 28.4. The zero-order valence-electron chi connectivity index (χ0n) is 24.4. The third-order valence-electron chi connectivity index (χ3n) is 12.8. The van der Waals surface area contributed by atoms with Crippen LogP contribution in [0.5, 0.6) is 0 Å². The molecule has 0 aliphatic heterocycles. The molecule has 4 aliphatic carbocycles. The second-order valence-corrected chi connectivity index (χ2v) is 20.2. The van der Waals surface area contributed by atoms with Gasteiger partial charge in [0, 0.05) is 18.5 Å². The van der Waals surface area contributed by atoms with Gasteiger partial charge in [0.25, 0.3) is 0 Å². The quantitative estimate of drug-likeness (QED) is 0.413. The van der Waals surface area contributed by atoms with Crippen molar-refractivity contribution in [3.8, 4) is 0 Å². The lowest BCUT2D eigenvalue weighted by molar-refractivity contribution is -0.144. The normalized spacial score (nSPS) is 42.7. The Kier molecular flexibility index (Phi) is 6.65. The second kappa shape index (κ2) is 8.91. The van der Waals surface area contributed by atoms with Crippen molar-refractivity contribution in [2.24, 2.45) is 40.4 Å². The minimum Gasteiger partial charge on any atom is -0.414 e. The number of nitrogens with zero attached hydrogens (tertiary/aromatic N) is 1. The Morgan fingerprint density at radius 2 is 1.53 bits per heavy atom. The molecule has 0 spiro atoms. The van der Waals surface area contributed by atoms with E-state index in [9.17, 15) is 5.11 Å². The van der Waals surface area contributed by atoms with E-state index in [0.29, 0.717) is 17.4 Å². The van der Waals surface area contributed by atoms with Crippen molar-refractivity contribution in [2.45, 2.75) is 129 Å². The van der Waals surface area contributed by atoms with Crippen LogP contribution in [-0.4, -0.2) is 24.5 Å². The highest BCUT2D eigenvalue weighted by Crippen LogP contribution is 2.69. The summed E-state index contributed by atoms with van der Waals surface area (Å²) in [6.45, 7) is 19.3. The van der Waals surface area contributed by atoms with E-state index in [1.165, 1.54) is 51.4 Å². The molecule has 0 aromatic carbocycles. The molecule has 1 heterocycles. The van der Waals surface area contributed by atoms with Gasteiger partial charge in [-0.15, -0.1) is 0 Å². The molecular weight excluding hydrogens is 458 g/mol. The smallest absolute Gasteiger partial charge is 0.192 e. The monoisotopic (exact) mass is 511 g/mol. The third-order valence-corrected chi connectivity index (χ3v) is 17.4. The van der Waals surface area contributed by atoms with E-state index < -0.39 is 13.9 Å². The van der Waals surface area contributed by atoms with E-state index in [4.69, 9.17) is 4.43 Å². The summed E-state index contributed by atoms with van der Waals surface area (Å²) in [5.74, 6) is 3.60. The van der Waals surface area contributed by atoms with Gasteiger partial charge >= 0.3 is 0 Å². The van der Waals surface area contributed by atoms with Crippen LogP contribution in [0.25, 0.3) is 0 Å². The lowest BCUT2D eigenvalue weighted by Crippen LogP contribution is -2.56. The summed E-state index contributed by atoms with van der Waals surface area (Å²) in [5, 5.41) is 12.2. The van der Waals surface area contributed by atoms with Gasteiger partial charge in [0.2, 0.25) is 0 Å². The molecule has 1 unspecified atom stereocenters. The maximum absolute atomic E-state index is 11.9. The van der Waals surface area contributed by atoms with Gasteiger partial charge in [-0.3, -0.25) is 4.98 Å². The predicted octanol–water partition coefficient (Wildman–Crippen LogP) is 8.34. The van der Waals surface area contributed by atoms with Crippen molar-refractivity contribution in [1.82, 2.24) is 4.98 Å². The van der Waals surface area contributed by atoms with Crippen molar-refractivity contribution < 1.29 is 9.53 Å². The molecule has 0 bridgehead atoms. The summed E-state index contributed by atoms with van der Waals surface area (Å²) in [4.78, 5) is 4.20. The molecular formula is C32H53NO2Si. The Bertz CT molecular complexity index is 939. The van der Waals surface area contributed by atoms with E-state index in [-0.39, 0.29) is 10.5 Å². The van der Waals surface area contributed by atoms with Crippen molar-refractivity contribution in [3.05, 3.63) is 30.1 Å². The average molecular weight is 512 g/mol. The molecule has 1 aromatic rings. The molecule has 202 valence electrons. The lowest BCUT2D eigenvalue weighted by atomic mass is 9.44. The summed E-state index contributed by atoms with van der Waals surface area (Å²) in [6.07, 6.45) is 15.9. The number of pyridine rings is 1. The predicted molar refractivity (Wildman–Crippen MR) is 151 cm³/mol. The first-order valence-corrected chi connectivity index (χ1v) is 17.9. The molecule has 5 rings (SSSR count). The first kappa shape index (κ1) is 26.9. The molecule has 3 nitrogen and oxygen atoms in total. The molecule has 0 amide bonds. The second-order valence-electron chi connectivity index (χ2n) is 15.5. The maximum Gasteiger partial charge on any atom is 0.192 e. The SMILES string of the molecule is CC(O)(c1ccncc1)[C@H]1CC[C@H]2[C@@H]3CC[C@H]4C[C@@H](O[Si](C)(C)C(C)(C)C)CC[C@]4(C)[C@H]3CC[C@]12C. The molecule has 4 heteroatoms. The van der Waals surface area contributed by atoms with Gasteiger partial charge in [0.1, 0.15) is 0 Å². The molecule has 36 heavy (non-hydrogen) atoms. The first-order chi connectivity index (χ1) is 16.7. The van der Waals surface area contributed by atoms with Gasteiger partial charge < -0.3 is 9.53 Å². The Labute approximate surface area is 222 Å². The largest absolute Gasteiger partial charge is 0.414 e. The van der Waals surface area contributed by atoms with E-state index >= 15 is 0 Å². The Hall–Kier alpha value is -0.713. The molecule has 1 N–H and O–H groups in total. The van der Waals surface area contributed by atoms with Crippen molar-refractivity contribution in [3.63, 3.8) is 0 Å².